The summed E-state index contributed by atoms with van der Waals surface area (Å²) < 4.78 is 29.7. The zero-order valence-corrected chi connectivity index (χ0v) is 16.7. The summed E-state index contributed by atoms with van der Waals surface area (Å²) in [6.45, 7) is 3.15. The van der Waals surface area contributed by atoms with Gasteiger partial charge in [0.15, 0.2) is 6.67 Å². The Balaban J connectivity index is 1.30. The maximum atomic E-state index is 13.1. The highest BCUT2D eigenvalue weighted by Gasteiger charge is 2.30. The number of aromatic nitrogens is 3. The molecule has 0 aliphatic carbocycles. The summed E-state index contributed by atoms with van der Waals surface area (Å²) in [5.41, 5.74) is 1.88. The predicted octanol–water partition coefficient (Wildman–Crippen LogP) is 1.13. The van der Waals surface area contributed by atoms with Crippen LogP contribution >= 0.6 is 0 Å². The van der Waals surface area contributed by atoms with Gasteiger partial charge in [0, 0.05) is 0 Å². The van der Waals surface area contributed by atoms with E-state index in [2.05, 4.69) is 10.3 Å². The van der Waals surface area contributed by atoms with Crippen molar-refractivity contribution in [1.29, 1.82) is 0 Å². The zero-order valence-electron chi connectivity index (χ0n) is 15.9. The van der Waals surface area contributed by atoms with Gasteiger partial charge in [0.25, 0.3) is 0 Å². The van der Waals surface area contributed by atoms with Crippen LogP contribution < -0.4 is 4.90 Å². The van der Waals surface area contributed by atoms with E-state index in [0.29, 0.717) is 24.7 Å². The maximum Gasteiger partial charge on any atom is 0.243 e. The summed E-state index contributed by atoms with van der Waals surface area (Å²) in [7, 11) is -3.49. The van der Waals surface area contributed by atoms with E-state index < -0.39 is 10.0 Å². The Morgan fingerprint density at radius 3 is 2.45 bits per heavy atom. The van der Waals surface area contributed by atoms with Crippen LogP contribution in [0.1, 0.15) is 0 Å². The van der Waals surface area contributed by atoms with Crippen LogP contribution in [-0.2, 0) is 16.7 Å². The molecule has 0 saturated carbocycles. The Hall–Kier alpha value is -2.81. The quantitative estimate of drug-likeness (QED) is 0.550. The number of nitrogens with one attached hydrogen (secondary N) is 1. The number of fused-ring (bicyclic) bond motifs is 2. The van der Waals surface area contributed by atoms with E-state index in [1.165, 1.54) is 4.90 Å². The number of benzene rings is 3. The highest BCUT2D eigenvalue weighted by molar-refractivity contribution is 7.89. The molecule has 0 radical (unpaired) electrons. The van der Waals surface area contributed by atoms with E-state index >= 15 is 0 Å². The summed E-state index contributed by atoms with van der Waals surface area (Å²) in [6.07, 6.45) is 0. The lowest BCUT2D eigenvalue weighted by Crippen LogP contribution is -3.14. The standard InChI is InChI=1S/C21H21N5O2S/c27-29(28,19-10-9-17-5-1-2-6-18(17)15-19)25-13-11-24(12-14-25)16-26-21-8-4-3-7-20(21)22-23-26/h1-10,15H,11-14,16H2/p+1. The fraction of sp³-hybridized carbons (Fsp3) is 0.238. The molecular weight excluding hydrogens is 386 g/mol. The SMILES string of the molecule is O=S(=O)(c1ccc2ccccc2c1)N1CC[NH+](Cn2nnc3ccccc32)CC1. The molecule has 1 aliphatic heterocycles. The molecule has 1 aliphatic rings. The Morgan fingerprint density at radius 2 is 1.62 bits per heavy atom. The van der Waals surface area contributed by atoms with Crippen LogP contribution in [0.15, 0.2) is 71.6 Å². The highest BCUT2D eigenvalue weighted by atomic mass is 32.2. The molecule has 3 aromatic carbocycles. The van der Waals surface area contributed by atoms with Crippen LogP contribution in [0, 0.1) is 0 Å². The third-order valence-corrected chi connectivity index (χ3v) is 7.48. The second-order valence-electron chi connectivity index (χ2n) is 7.40. The number of nitrogens with zero attached hydrogens (tertiary/aromatic N) is 4. The van der Waals surface area contributed by atoms with Crippen LogP contribution in [-0.4, -0.2) is 53.9 Å². The molecule has 29 heavy (non-hydrogen) atoms. The molecule has 1 N–H and O–H groups in total. The van der Waals surface area contributed by atoms with Crippen LogP contribution in [0.4, 0.5) is 0 Å². The van der Waals surface area contributed by atoms with E-state index in [1.54, 1.807) is 16.4 Å². The van der Waals surface area contributed by atoms with E-state index in [0.717, 1.165) is 34.9 Å². The molecule has 4 aromatic rings. The van der Waals surface area contributed by atoms with Crippen molar-refractivity contribution in [2.24, 2.45) is 0 Å². The van der Waals surface area contributed by atoms with Gasteiger partial charge < -0.3 is 4.90 Å². The number of hydrogen-bond acceptors (Lipinski definition) is 4. The van der Waals surface area contributed by atoms with Gasteiger partial charge in [-0.1, -0.05) is 47.7 Å². The summed E-state index contributed by atoms with van der Waals surface area (Å²) in [4.78, 5) is 1.66. The molecule has 1 aromatic heterocycles. The summed E-state index contributed by atoms with van der Waals surface area (Å²) in [5.74, 6) is 0. The molecule has 0 unspecified atom stereocenters. The van der Waals surface area contributed by atoms with E-state index in [1.807, 2.05) is 59.3 Å². The number of quaternary nitrogens is 1. The number of hydrogen-bond donors (Lipinski definition) is 1. The van der Waals surface area contributed by atoms with Crippen LogP contribution in [0.25, 0.3) is 21.8 Å². The summed E-state index contributed by atoms with van der Waals surface area (Å²) in [5, 5.41) is 10.4. The van der Waals surface area contributed by atoms with Gasteiger partial charge in [0.2, 0.25) is 10.0 Å². The zero-order chi connectivity index (χ0) is 19.8. The second-order valence-corrected chi connectivity index (χ2v) is 9.34. The van der Waals surface area contributed by atoms with Gasteiger partial charge in [0.1, 0.15) is 5.52 Å². The van der Waals surface area contributed by atoms with E-state index in [4.69, 9.17) is 0 Å². The molecule has 0 bridgehead atoms. The lowest BCUT2D eigenvalue weighted by molar-refractivity contribution is -0.926. The third kappa shape index (κ3) is 3.39. The van der Waals surface area contributed by atoms with Crippen LogP contribution in [0.5, 0.6) is 0 Å². The number of para-hydroxylation sites is 1. The van der Waals surface area contributed by atoms with Crippen molar-refractivity contribution in [2.45, 2.75) is 11.6 Å². The monoisotopic (exact) mass is 408 g/mol. The van der Waals surface area contributed by atoms with Gasteiger partial charge in [-0.2, -0.15) is 8.99 Å². The molecular formula is C21H22N5O2S+. The first-order chi connectivity index (χ1) is 14.1. The van der Waals surface area contributed by atoms with Crippen molar-refractivity contribution in [3.05, 3.63) is 66.7 Å². The van der Waals surface area contributed by atoms with Gasteiger partial charge in [-0.15, -0.1) is 5.10 Å². The van der Waals surface area contributed by atoms with Crippen LogP contribution in [0.2, 0.25) is 0 Å². The van der Waals surface area contributed by atoms with Gasteiger partial charge in [-0.05, 0) is 35.0 Å². The largest absolute Gasteiger partial charge is 0.314 e. The predicted molar refractivity (Wildman–Crippen MR) is 111 cm³/mol. The van der Waals surface area contributed by atoms with Gasteiger partial charge >= 0.3 is 0 Å². The molecule has 0 spiro atoms. The number of rotatable bonds is 4. The Morgan fingerprint density at radius 1 is 0.897 bits per heavy atom. The Labute approximate surface area is 169 Å². The maximum absolute atomic E-state index is 13.1. The fourth-order valence-electron chi connectivity index (χ4n) is 3.92. The molecule has 8 heteroatoms. The minimum absolute atomic E-state index is 0.363. The van der Waals surface area contributed by atoms with Gasteiger partial charge in [0.05, 0.1) is 36.6 Å². The normalized spacial score (nSPS) is 16.6. The molecule has 0 atom stereocenters. The lowest BCUT2D eigenvalue weighted by Gasteiger charge is -2.31. The van der Waals surface area contributed by atoms with E-state index in [9.17, 15) is 8.42 Å². The first kappa shape index (κ1) is 18.2. The fourth-order valence-corrected chi connectivity index (χ4v) is 5.40. The van der Waals surface area contributed by atoms with Crippen molar-refractivity contribution < 1.29 is 13.3 Å². The minimum Gasteiger partial charge on any atom is -0.314 e. The molecule has 148 valence electrons. The Bertz CT molecular complexity index is 1280. The minimum atomic E-state index is -3.49. The average molecular weight is 409 g/mol. The highest BCUT2D eigenvalue weighted by Crippen LogP contribution is 2.22. The number of piperazine rings is 1. The third-order valence-electron chi connectivity index (χ3n) is 5.58. The molecule has 5 rings (SSSR count). The van der Waals surface area contributed by atoms with Crippen molar-refractivity contribution in [3.8, 4) is 0 Å². The first-order valence-corrected chi connectivity index (χ1v) is 11.2. The van der Waals surface area contributed by atoms with Crippen molar-refractivity contribution in [2.75, 3.05) is 26.2 Å². The van der Waals surface area contributed by atoms with E-state index in [-0.39, 0.29) is 0 Å². The summed E-state index contributed by atoms with van der Waals surface area (Å²) in [6, 6.07) is 21.0. The molecule has 7 nitrogen and oxygen atoms in total. The van der Waals surface area contributed by atoms with Crippen LogP contribution in [0.3, 0.4) is 0 Å². The van der Waals surface area contributed by atoms with Gasteiger partial charge in [-0.25, -0.2) is 8.42 Å². The van der Waals surface area contributed by atoms with Crippen molar-refractivity contribution >= 4 is 31.8 Å². The van der Waals surface area contributed by atoms with Gasteiger partial charge in [-0.3, -0.25) is 0 Å². The molecule has 1 fully saturated rings. The first-order valence-electron chi connectivity index (χ1n) is 9.72. The average Bonchev–Trinajstić information content (AvgIpc) is 3.17. The Kier molecular flexibility index (Phi) is 4.54. The molecule has 2 heterocycles. The molecule has 1 saturated heterocycles. The second kappa shape index (κ2) is 7.22. The lowest BCUT2D eigenvalue weighted by atomic mass is 10.1. The number of sulfonamides is 1. The smallest absolute Gasteiger partial charge is 0.243 e. The van der Waals surface area contributed by atoms with Crippen molar-refractivity contribution in [1.82, 2.24) is 19.3 Å². The van der Waals surface area contributed by atoms with Crippen molar-refractivity contribution in [3.63, 3.8) is 0 Å². The topological polar surface area (TPSA) is 72.5 Å². The summed E-state index contributed by atoms with van der Waals surface area (Å²) >= 11 is 0. The molecule has 0 amide bonds.